The fourth-order valence-corrected chi connectivity index (χ4v) is 1.92. The summed E-state index contributed by atoms with van der Waals surface area (Å²) in [5.41, 5.74) is 0. The molecule has 1 unspecified atom stereocenters. The molecule has 0 rings (SSSR count). The van der Waals surface area contributed by atoms with Crippen LogP contribution in [0.1, 0.15) is 46.0 Å². The van der Waals surface area contributed by atoms with Crippen molar-refractivity contribution in [2.45, 2.75) is 46.0 Å². The minimum atomic E-state index is 0.956. The van der Waals surface area contributed by atoms with Crippen LogP contribution in [0, 0.1) is 5.92 Å². The molecule has 0 amide bonds. The number of hydrogen-bond acceptors (Lipinski definition) is 1. The van der Waals surface area contributed by atoms with E-state index in [-0.39, 0.29) is 0 Å². The molecule has 0 bridgehead atoms. The highest BCUT2D eigenvalue weighted by Gasteiger charge is 2.05. The van der Waals surface area contributed by atoms with Crippen LogP contribution >= 0.6 is 0 Å². The lowest BCUT2D eigenvalue weighted by Gasteiger charge is -2.17. The van der Waals surface area contributed by atoms with E-state index < -0.39 is 0 Å². The number of hydrogen-bond donors (Lipinski definition) is 0. The Balaban J connectivity index is 3.44. The molecule has 0 aromatic heterocycles. The van der Waals surface area contributed by atoms with Gasteiger partial charge >= 0.3 is 0 Å². The maximum absolute atomic E-state index is 3.75. The summed E-state index contributed by atoms with van der Waals surface area (Å²) in [6, 6.07) is 0. The zero-order valence-electron chi connectivity index (χ0n) is 10.3. The Kier molecular flexibility index (Phi) is 9.06. The molecule has 0 aliphatic heterocycles. The van der Waals surface area contributed by atoms with Crippen LogP contribution in [0.25, 0.3) is 0 Å². The molecule has 14 heavy (non-hydrogen) atoms. The Bertz CT molecular complexity index is 131. The van der Waals surface area contributed by atoms with Crippen LogP contribution in [-0.4, -0.2) is 25.0 Å². The molecule has 1 nitrogen and oxygen atoms in total. The Hall–Kier alpha value is -0.300. The first-order valence-electron chi connectivity index (χ1n) is 6.04. The first-order chi connectivity index (χ1) is 6.74. The van der Waals surface area contributed by atoms with E-state index in [1.165, 1.54) is 38.6 Å². The van der Waals surface area contributed by atoms with Gasteiger partial charge in [0.2, 0.25) is 0 Å². The van der Waals surface area contributed by atoms with Crippen LogP contribution in [0.4, 0.5) is 0 Å². The fourth-order valence-electron chi connectivity index (χ4n) is 1.92. The van der Waals surface area contributed by atoms with Gasteiger partial charge in [-0.2, -0.15) is 0 Å². The molecular formula is C13H27N. The minimum Gasteiger partial charge on any atom is -0.303 e. The monoisotopic (exact) mass is 197 g/mol. The predicted octanol–water partition coefficient (Wildman–Crippen LogP) is 3.71. The van der Waals surface area contributed by atoms with Crippen molar-refractivity contribution in [2.24, 2.45) is 5.92 Å². The molecular weight excluding hydrogens is 170 g/mol. The first-order valence-corrected chi connectivity index (χ1v) is 6.04. The summed E-state index contributed by atoms with van der Waals surface area (Å²) in [7, 11) is 2.17. The Labute approximate surface area is 90.2 Å². The molecule has 0 aromatic carbocycles. The molecule has 84 valence electrons. The summed E-state index contributed by atoms with van der Waals surface area (Å²) in [5.74, 6) is 0.956. The van der Waals surface area contributed by atoms with Gasteiger partial charge in [-0.1, -0.05) is 39.2 Å². The molecule has 0 saturated heterocycles. The number of nitrogens with zero attached hydrogens (tertiary/aromatic N) is 1. The average molecular weight is 197 g/mol. The van der Waals surface area contributed by atoms with Gasteiger partial charge in [0, 0.05) is 6.54 Å². The lowest BCUT2D eigenvalue weighted by atomic mass is 9.95. The predicted molar refractivity (Wildman–Crippen MR) is 65.6 cm³/mol. The highest BCUT2D eigenvalue weighted by Crippen LogP contribution is 2.16. The number of rotatable bonds is 9. The average Bonchev–Trinajstić information content (AvgIpc) is 2.17. The van der Waals surface area contributed by atoms with E-state index in [0.29, 0.717) is 0 Å². The molecule has 0 spiro atoms. The van der Waals surface area contributed by atoms with Gasteiger partial charge in [0.25, 0.3) is 0 Å². The quantitative estimate of drug-likeness (QED) is 0.509. The summed E-state index contributed by atoms with van der Waals surface area (Å²) in [4.78, 5) is 2.34. The van der Waals surface area contributed by atoms with Crippen molar-refractivity contribution in [1.29, 1.82) is 0 Å². The molecule has 0 radical (unpaired) electrons. The van der Waals surface area contributed by atoms with Crippen molar-refractivity contribution < 1.29 is 0 Å². The van der Waals surface area contributed by atoms with Crippen LogP contribution in [0.5, 0.6) is 0 Å². The lowest BCUT2D eigenvalue weighted by Crippen LogP contribution is -2.20. The SMILES string of the molecule is C=CCN(C)CCCC(CC)CCC. The molecule has 0 heterocycles. The molecule has 1 heteroatoms. The van der Waals surface area contributed by atoms with Crippen molar-refractivity contribution in [3.8, 4) is 0 Å². The van der Waals surface area contributed by atoms with E-state index in [0.717, 1.165) is 12.5 Å². The lowest BCUT2D eigenvalue weighted by molar-refractivity contribution is 0.329. The van der Waals surface area contributed by atoms with Crippen LogP contribution in [0.15, 0.2) is 12.7 Å². The van der Waals surface area contributed by atoms with E-state index in [1.54, 1.807) is 0 Å². The first kappa shape index (κ1) is 13.7. The summed E-state index contributed by atoms with van der Waals surface area (Å²) in [5, 5.41) is 0. The minimum absolute atomic E-state index is 0.956. The summed E-state index contributed by atoms with van der Waals surface area (Å²) in [6.45, 7) is 10.6. The van der Waals surface area contributed by atoms with Gasteiger partial charge in [0.15, 0.2) is 0 Å². The summed E-state index contributed by atoms with van der Waals surface area (Å²) >= 11 is 0. The molecule has 1 atom stereocenters. The van der Waals surface area contributed by atoms with E-state index in [4.69, 9.17) is 0 Å². The van der Waals surface area contributed by atoms with Gasteiger partial charge < -0.3 is 4.90 Å². The third kappa shape index (κ3) is 7.14. The van der Waals surface area contributed by atoms with Crippen LogP contribution in [0.3, 0.4) is 0 Å². The van der Waals surface area contributed by atoms with Gasteiger partial charge in [-0.05, 0) is 32.4 Å². The highest BCUT2D eigenvalue weighted by molar-refractivity contribution is 4.71. The summed E-state index contributed by atoms with van der Waals surface area (Å²) in [6.07, 6.45) is 8.79. The van der Waals surface area contributed by atoms with Crippen LogP contribution in [0.2, 0.25) is 0 Å². The van der Waals surface area contributed by atoms with Crippen molar-refractivity contribution in [2.75, 3.05) is 20.1 Å². The van der Waals surface area contributed by atoms with Gasteiger partial charge in [0.05, 0.1) is 0 Å². The molecule has 0 N–H and O–H groups in total. The largest absolute Gasteiger partial charge is 0.303 e. The third-order valence-corrected chi connectivity index (χ3v) is 2.87. The second-order valence-corrected chi connectivity index (χ2v) is 4.26. The maximum atomic E-state index is 3.75. The molecule has 0 fully saturated rings. The van der Waals surface area contributed by atoms with E-state index in [9.17, 15) is 0 Å². The van der Waals surface area contributed by atoms with Crippen molar-refractivity contribution >= 4 is 0 Å². The molecule has 0 saturated carbocycles. The molecule has 0 aliphatic carbocycles. The Morgan fingerprint density at radius 1 is 1.29 bits per heavy atom. The smallest absolute Gasteiger partial charge is 0.0157 e. The van der Waals surface area contributed by atoms with E-state index in [2.05, 4.69) is 32.4 Å². The zero-order valence-corrected chi connectivity index (χ0v) is 10.3. The summed E-state index contributed by atoms with van der Waals surface area (Å²) < 4.78 is 0. The fraction of sp³-hybridized carbons (Fsp3) is 0.846. The van der Waals surface area contributed by atoms with Gasteiger partial charge in [-0.25, -0.2) is 0 Å². The molecule has 0 aromatic rings. The Morgan fingerprint density at radius 2 is 2.00 bits per heavy atom. The maximum Gasteiger partial charge on any atom is 0.0157 e. The third-order valence-electron chi connectivity index (χ3n) is 2.87. The van der Waals surface area contributed by atoms with Gasteiger partial charge in [-0.3, -0.25) is 0 Å². The van der Waals surface area contributed by atoms with Crippen molar-refractivity contribution in [1.82, 2.24) is 4.90 Å². The van der Waals surface area contributed by atoms with Gasteiger partial charge in [-0.15, -0.1) is 6.58 Å². The topological polar surface area (TPSA) is 3.24 Å². The van der Waals surface area contributed by atoms with E-state index >= 15 is 0 Å². The highest BCUT2D eigenvalue weighted by atomic mass is 15.1. The Morgan fingerprint density at radius 3 is 2.50 bits per heavy atom. The van der Waals surface area contributed by atoms with Crippen molar-refractivity contribution in [3.63, 3.8) is 0 Å². The standard InChI is InChI=1S/C13H27N/c1-5-9-13(7-3)10-8-12-14(4)11-6-2/h6,13H,2,5,7-12H2,1,3-4H3. The van der Waals surface area contributed by atoms with Crippen LogP contribution in [-0.2, 0) is 0 Å². The zero-order chi connectivity index (χ0) is 10.8. The normalized spacial score (nSPS) is 13.1. The second-order valence-electron chi connectivity index (χ2n) is 4.26. The number of likely N-dealkylation sites (N-methyl/N-ethyl adjacent to an activating group) is 1. The van der Waals surface area contributed by atoms with E-state index in [1.807, 2.05) is 6.08 Å². The van der Waals surface area contributed by atoms with Gasteiger partial charge in [0.1, 0.15) is 0 Å². The second kappa shape index (κ2) is 9.26. The van der Waals surface area contributed by atoms with Crippen LogP contribution < -0.4 is 0 Å². The molecule has 0 aliphatic rings. The van der Waals surface area contributed by atoms with Crippen molar-refractivity contribution in [3.05, 3.63) is 12.7 Å².